The van der Waals surface area contributed by atoms with E-state index in [2.05, 4.69) is 20.4 Å². The molecule has 9 heteroatoms. The molecule has 0 aliphatic heterocycles. The molecule has 0 fully saturated rings. The van der Waals surface area contributed by atoms with E-state index in [1.807, 2.05) is 0 Å². The van der Waals surface area contributed by atoms with E-state index >= 15 is 0 Å². The lowest BCUT2D eigenvalue weighted by atomic mass is 10.2. The molecule has 19 heavy (non-hydrogen) atoms. The first kappa shape index (κ1) is 13.4. The van der Waals surface area contributed by atoms with Crippen molar-refractivity contribution in [2.75, 3.05) is 0 Å². The summed E-state index contributed by atoms with van der Waals surface area (Å²) in [5.41, 5.74) is 3.96. The summed E-state index contributed by atoms with van der Waals surface area (Å²) in [5, 5.41) is 3.65. The van der Waals surface area contributed by atoms with Gasteiger partial charge in [-0.05, 0) is 29.7 Å². The van der Waals surface area contributed by atoms with Crippen molar-refractivity contribution in [2.45, 2.75) is 0 Å². The molecule has 2 aromatic rings. The average molecular weight is 301 g/mol. The molecule has 0 saturated carbocycles. The SMILES string of the molecule is O=C(NNC(=O)c1ccc(Cl)cc1F)c1cnns1. The van der Waals surface area contributed by atoms with Crippen LogP contribution in [0.5, 0.6) is 0 Å². The van der Waals surface area contributed by atoms with E-state index in [9.17, 15) is 14.0 Å². The highest BCUT2D eigenvalue weighted by Crippen LogP contribution is 2.14. The molecule has 0 saturated heterocycles. The van der Waals surface area contributed by atoms with Crippen molar-refractivity contribution in [3.8, 4) is 0 Å². The molecule has 0 radical (unpaired) electrons. The number of hydrazine groups is 1. The first-order chi connectivity index (χ1) is 9.08. The minimum atomic E-state index is -0.792. The zero-order valence-electron chi connectivity index (χ0n) is 9.18. The van der Waals surface area contributed by atoms with Gasteiger partial charge >= 0.3 is 0 Å². The lowest BCUT2D eigenvalue weighted by Crippen LogP contribution is -2.41. The zero-order valence-corrected chi connectivity index (χ0v) is 10.8. The van der Waals surface area contributed by atoms with Crippen LogP contribution in [-0.4, -0.2) is 21.4 Å². The molecule has 6 nitrogen and oxygen atoms in total. The van der Waals surface area contributed by atoms with Crippen molar-refractivity contribution in [1.29, 1.82) is 0 Å². The monoisotopic (exact) mass is 300 g/mol. The van der Waals surface area contributed by atoms with Gasteiger partial charge in [-0.2, -0.15) is 0 Å². The predicted molar refractivity (Wildman–Crippen MR) is 66.3 cm³/mol. The van der Waals surface area contributed by atoms with Crippen LogP contribution in [0.25, 0.3) is 0 Å². The van der Waals surface area contributed by atoms with Gasteiger partial charge < -0.3 is 0 Å². The largest absolute Gasteiger partial charge is 0.283 e. The molecule has 98 valence electrons. The van der Waals surface area contributed by atoms with E-state index in [1.54, 1.807) is 0 Å². The van der Waals surface area contributed by atoms with E-state index < -0.39 is 17.6 Å². The number of rotatable bonds is 2. The summed E-state index contributed by atoms with van der Waals surface area (Å²) in [5.74, 6) is -2.16. The maximum Gasteiger partial charge on any atom is 0.283 e. The van der Waals surface area contributed by atoms with Crippen molar-refractivity contribution in [1.82, 2.24) is 20.4 Å². The number of nitrogens with zero attached hydrogens (tertiary/aromatic N) is 2. The fourth-order valence-corrected chi connectivity index (χ4v) is 1.75. The van der Waals surface area contributed by atoms with Gasteiger partial charge in [0.05, 0.1) is 11.8 Å². The van der Waals surface area contributed by atoms with Gasteiger partial charge in [0, 0.05) is 5.02 Å². The molecule has 0 atom stereocenters. The van der Waals surface area contributed by atoms with Crippen LogP contribution in [0.1, 0.15) is 20.0 Å². The minimum absolute atomic E-state index is 0.175. The van der Waals surface area contributed by atoms with Crippen LogP contribution >= 0.6 is 23.1 Å². The number of hydrogen-bond acceptors (Lipinski definition) is 5. The van der Waals surface area contributed by atoms with E-state index in [0.29, 0.717) is 0 Å². The molecule has 2 rings (SSSR count). The van der Waals surface area contributed by atoms with Gasteiger partial charge in [-0.15, -0.1) is 5.10 Å². The Kier molecular flexibility index (Phi) is 4.03. The van der Waals surface area contributed by atoms with Crippen LogP contribution in [0.15, 0.2) is 24.4 Å². The summed E-state index contributed by atoms with van der Waals surface area (Å²) < 4.78 is 16.9. The van der Waals surface area contributed by atoms with Crippen molar-refractivity contribution >= 4 is 34.9 Å². The third-order valence-corrected chi connectivity index (χ3v) is 2.95. The van der Waals surface area contributed by atoms with Crippen LogP contribution in [0.4, 0.5) is 4.39 Å². The summed E-state index contributed by atoms with van der Waals surface area (Å²) in [7, 11) is 0. The lowest BCUT2D eigenvalue weighted by molar-refractivity contribution is 0.0846. The normalized spacial score (nSPS) is 10.0. The third-order valence-electron chi connectivity index (χ3n) is 2.05. The van der Waals surface area contributed by atoms with Crippen molar-refractivity contribution in [3.63, 3.8) is 0 Å². The highest BCUT2D eigenvalue weighted by atomic mass is 35.5. The molecule has 1 heterocycles. The van der Waals surface area contributed by atoms with E-state index in [1.165, 1.54) is 18.3 Å². The van der Waals surface area contributed by atoms with Crippen LogP contribution in [0.2, 0.25) is 5.02 Å². The molecule has 0 aliphatic carbocycles. The van der Waals surface area contributed by atoms with E-state index in [-0.39, 0.29) is 15.5 Å². The van der Waals surface area contributed by atoms with Crippen LogP contribution in [-0.2, 0) is 0 Å². The van der Waals surface area contributed by atoms with Gasteiger partial charge in [-0.1, -0.05) is 16.1 Å². The highest BCUT2D eigenvalue weighted by molar-refractivity contribution is 7.07. The zero-order chi connectivity index (χ0) is 13.8. The molecule has 1 aromatic carbocycles. The summed E-state index contributed by atoms with van der Waals surface area (Å²) in [6, 6.07) is 3.59. The lowest BCUT2D eigenvalue weighted by Gasteiger charge is -2.06. The fraction of sp³-hybridized carbons (Fsp3) is 0. The Bertz CT molecular complexity index is 620. The Balaban J connectivity index is 2.00. The molecule has 0 spiro atoms. The number of carbonyl (C=O) groups is 2. The Labute approximate surface area is 115 Å². The maximum absolute atomic E-state index is 13.4. The highest BCUT2D eigenvalue weighted by Gasteiger charge is 2.14. The number of aromatic nitrogens is 2. The number of halogens is 2. The van der Waals surface area contributed by atoms with Gasteiger partial charge in [0.1, 0.15) is 10.7 Å². The Morgan fingerprint density at radius 2 is 2.00 bits per heavy atom. The number of hydrogen-bond donors (Lipinski definition) is 2. The van der Waals surface area contributed by atoms with Crippen LogP contribution in [0, 0.1) is 5.82 Å². The maximum atomic E-state index is 13.4. The molecule has 0 bridgehead atoms. The molecule has 0 aliphatic rings. The third kappa shape index (κ3) is 3.24. The first-order valence-electron chi connectivity index (χ1n) is 4.91. The summed E-state index contributed by atoms with van der Waals surface area (Å²) in [6.45, 7) is 0. The molecule has 2 amide bonds. The Morgan fingerprint density at radius 3 is 2.63 bits per heavy atom. The molecule has 0 unspecified atom stereocenters. The van der Waals surface area contributed by atoms with Crippen LogP contribution < -0.4 is 10.9 Å². The fourth-order valence-electron chi connectivity index (χ4n) is 1.18. The second-order valence-corrected chi connectivity index (χ2v) is 4.54. The molecular formula is C10H6ClFN4O2S. The van der Waals surface area contributed by atoms with Gasteiger partial charge in [-0.25, -0.2) is 4.39 Å². The summed E-state index contributed by atoms with van der Waals surface area (Å²) >= 11 is 6.43. The first-order valence-corrected chi connectivity index (χ1v) is 6.06. The smallest absolute Gasteiger partial charge is 0.267 e. The minimum Gasteiger partial charge on any atom is -0.267 e. The number of benzene rings is 1. The van der Waals surface area contributed by atoms with Gasteiger partial charge in [0.25, 0.3) is 11.8 Å². The average Bonchev–Trinajstić information content (AvgIpc) is 2.89. The van der Waals surface area contributed by atoms with Gasteiger partial charge in [0.15, 0.2) is 0 Å². The van der Waals surface area contributed by atoms with Crippen LogP contribution in [0.3, 0.4) is 0 Å². The molecule has 2 N–H and O–H groups in total. The summed E-state index contributed by atoms with van der Waals surface area (Å²) in [6.07, 6.45) is 1.25. The van der Waals surface area contributed by atoms with Crippen molar-refractivity contribution in [2.24, 2.45) is 0 Å². The van der Waals surface area contributed by atoms with E-state index in [4.69, 9.17) is 11.6 Å². The number of amides is 2. The number of nitrogens with one attached hydrogen (secondary N) is 2. The summed E-state index contributed by atoms with van der Waals surface area (Å²) in [4.78, 5) is 23.3. The molecule has 1 aromatic heterocycles. The topological polar surface area (TPSA) is 84.0 Å². The number of carbonyl (C=O) groups excluding carboxylic acids is 2. The van der Waals surface area contributed by atoms with Crippen molar-refractivity contribution < 1.29 is 14.0 Å². The standard InChI is InChI=1S/C10H6ClFN4O2S/c11-5-1-2-6(7(12)3-5)9(17)14-15-10(18)8-4-13-16-19-8/h1-4H,(H,14,17)(H,15,18). The second kappa shape index (κ2) is 5.72. The quantitative estimate of drug-likeness (QED) is 0.821. The van der Waals surface area contributed by atoms with E-state index in [0.717, 1.165) is 17.6 Å². The molecular weight excluding hydrogens is 295 g/mol. The second-order valence-electron chi connectivity index (χ2n) is 3.31. The Hall–Kier alpha value is -2.06. The Morgan fingerprint density at radius 1 is 1.26 bits per heavy atom. The van der Waals surface area contributed by atoms with Gasteiger partial charge in [0.2, 0.25) is 0 Å². The van der Waals surface area contributed by atoms with Crippen molar-refractivity contribution in [3.05, 3.63) is 45.7 Å². The van der Waals surface area contributed by atoms with Gasteiger partial charge in [-0.3, -0.25) is 20.4 Å². The predicted octanol–water partition coefficient (Wildman–Crippen LogP) is 1.41.